The average molecular weight is 476 g/mol. The van der Waals surface area contributed by atoms with Gasteiger partial charge in [0.05, 0.1) is 29.0 Å². The number of imidazole rings is 1. The molecule has 2 N–H and O–H groups in total. The summed E-state index contributed by atoms with van der Waals surface area (Å²) in [7, 11) is 0. The monoisotopic (exact) mass is 475 g/mol. The van der Waals surface area contributed by atoms with Crippen LogP contribution in [0, 0.1) is 18.6 Å². The first kappa shape index (κ1) is 23.1. The number of aryl methyl sites for hydroxylation is 1. The Bertz CT molecular complexity index is 1340. The number of aromatic nitrogens is 4. The number of aliphatic hydroxyl groups is 1. The molecule has 1 fully saturated rings. The molecule has 0 radical (unpaired) electrons. The number of nitrogens with zero attached hydrogens (tertiary/aromatic N) is 4. The van der Waals surface area contributed by atoms with Gasteiger partial charge in [0.15, 0.2) is 0 Å². The number of benzene rings is 2. The molecule has 180 valence electrons. The zero-order valence-corrected chi connectivity index (χ0v) is 19.7. The molecule has 2 heterocycles. The van der Waals surface area contributed by atoms with Crippen LogP contribution in [-0.4, -0.2) is 30.2 Å². The molecule has 2 aromatic heterocycles. The Labute approximate surface area is 202 Å². The van der Waals surface area contributed by atoms with Crippen LogP contribution >= 0.6 is 0 Å². The third kappa shape index (κ3) is 4.93. The molecule has 0 spiro atoms. The Morgan fingerprint density at radius 2 is 1.71 bits per heavy atom. The van der Waals surface area contributed by atoms with Gasteiger partial charge in [0.2, 0.25) is 5.95 Å². The van der Waals surface area contributed by atoms with Crippen molar-refractivity contribution in [2.45, 2.75) is 51.2 Å². The van der Waals surface area contributed by atoms with Gasteiger partial charge in [-0.05, 0) is 87.6 Å². The van der Waals surface area contributed by atoms with E-state index in [2.05, 4.69) is 14.9 Å². The van der Waals surface area contributed by atoms with Gasteiger partial charge >= 0.3 is 0 Å². The number of anilines is 2. The maximum absolute atomic E-state index is 13.8. The summed E-state index contributed by atoms with van der Waals surface area (Å²) in [6.45, 7) is 3.75. The van der Waals surface area contributed by atoms with Crippen molar-refractivity contribution < 1.29 is 13.9 Å². The van der Waals surface area contributed by atoms with E-state index in [1.165, 1.54) is 24.3 Å². The lowest BCUT2D eigenvalue weighted by molar-refractivity contribution is 0.0101. The maximum atomic E-state index is 13.8. The van der Waals surface area contributed by atoms with Crippen LogP contribution in [0.2, 0.25) is 0 Å². The molecule has 8 heteroatoms. The number of halogens is 2. The van der Waals surface area contributed by atoms with E-state index in [-0.39, 0.29) is 17.7 Å². The second-order valence-corrected chi connectivity index (χ2v) is 9.43. The molecule has 6 nitrogen and oxygen atoms in total. The predicted molar refractivity (Wildman–Crippen MR) is 131 cm³/mol. The first-order valence-corrected chi connectivity index (χ1v) is 11.7. The van der Waals surface area contributed by atoms with E-state index in [1.54, 1.807) is 30.7 Å². The van der Waals surface area contributed by atoms with E-state index in [0.29, 0.717) is 35.9 Å². The lowest BCUT2D eigenvalue weighted by Gasteiger charge is -2.34. The van der Waals surface area contributed by atoms with E-state index in [1.807, 2.05) is 19.9 Å². The summed E-state index contributed by atoms with van der Waals surface area (Å²) in [5.41, 5.74) is 3.70. The van der Waals surface area contributed by atoms with E-state index in [0.717, 1.165) is 29.7 Å². The Kier molecular flexibility index (Phi) is 6.06. The first-order valence-electron chi connectivity index (χ1n) is 11.7. The highest BCUT2D eigenvalue weighted by Gasteiger charge is 2.31. The minimum atomic E-state index is -0.661. The Morgan fingerprint density at radius 3 is 2.46 bits per heavy atom. The molecule has 35 heavy (non-hydrogen) atoms. The van der Waals surface area contributed by atoms with Crippen LogP contribution in [0.1, 0.15) is 44.2 Å². The van der Waals surface area contributed by atoms with Gasteiger partial charge in [0, 0.05) is 23.5 Å². The number of hydrogen-bond donors (Lipinski definition) is 2. The van der Waals surface area contributed by atoms with Crippen LogP contribution in [0.4, 0.5) is 20.4 Å². The van der Waals surface area contributed by atoms with Crippen molar-refractivity contribution in [1.82, 2.24) is 19.5 Å². The second kappa shape index (κ2) is 9.19. The van der Waals surface area contributed by atoms with Gasteiger partial charge in [-0.15, -0.1) is 0 Å². The quantitative estimate of drug-likeness (QED) is 0.359. The van der Waals surface area contributed by atoms with Gasteiger partial charge in [-0.1, -0.05) is 6.07 Å². The lowest BCUT2D eigenvalue weighted by Crippen LogP contribution is -2.31. The maximum Gasteiger partial charge on any atom is 0.227 e. The smallest absolute Gasteiger partial charge is 0.227 e. The van der Waals surface area contributed by atoms with Crippen LogP contribution in [0.25, 0.3) is 22.6 Å². The van der Waals surface area contributed by atoms with Crippen LogP contribution in [0.3, 0.4) is 0 Å². The van der Waals surface area contributed by atoms with Crippen molar-refractivity contribution >= 4 is 11.6 Å². The van der Waals surface area contributed by atoms with Gasteiger partial charge in [-0.3, -0.25) is 0 Å². The third-order valence-electron chi connectivity index (χ3n) is 6.68. The van der Waals surface area contributed by atoms with Gasteiger partial charge in [0.25, 0.3) is 0 Å². The van der Waals surface area contributed by atoms with Crippen molar-refractivity contribution in [3.8, 4) is 22.6 Å². The summed E-state index contributed by atoms with van der Waals surface area (Å²) < 4.78 is 29.5. The molecule has 1 saturated carbocycles. The highest BCUT2D eigenvalue weighted by Crippen LogP contribution is 2.40. The van der Waals surface area contributed by atoms with Gasteiger partial charge in [-0.2, -0.15) is 0 Å². The molecule has 0 unspecified atom stereocenters. The van der Waals surface area contributed by atoms with Crippen molar-refractivity contribution in [3.63, 3.8) is 0 Å². The zero-order chi connectivity index (χ0) is 24.6. The Morgan fingerprint density at radius 1 is 1.00 bits per heavy atom. The molecular formula is C27H27F2N5O. The van der Waals surface area contributed by atoms with Gasteiger partial charge in [0.1, 0.15) is 11.6 Å². The topological polar surface area (TPSA) is 75.9 Å². The zero-order valence-electron chi connectivity index (χ0n) is 19.7. The minimum Gasteiger partial charge on any atom is -0.390 e. The van der Waals surface area contributed by atoms with Crippen LogP contribution in [0.15, 0.2) is 61.1 Å². The van der Waals surface area contributed by atoms with E-state index in [4.69, 9.17) is 9.97 Å². The minimum absolute atomic E-state index is 0.142. The second-order valence-electron chi connectivity index (χ2n) is 9.43. The predicted octanol–water partition coefficient (Wildman–Crippen LogP) is 6.20. The highest BCUT2D eigenvalue weighted by molar-refractivity contribution is 5.77. The molecule has 0 amide bonds. The first-order chi connectivity index (χ1) is 16.8. The van der Waals surface area contributed by atoms with Crippen LogP contribution in [-0.2, 0) is 0 Å². The van der Waals surface area contributed by atoms with E-state index >= 15 is 0 Å². The summed E-state index contributed by atoms with van der Waals surface area (Å²) in [5.74, 6) is -0.331. The SMILES string of the molecule is Cc1ccc(F)cc1Nc1nccc(-c2c(-c3ccc(F)cc3)ncn2C2CCC(C)(O)CC2)n1. The fourth-order valence-electron chi connectivity index (χ4n) is 4.61. The molecule has 4 aromatic rings. The standard InChI is InChI=1S/C27H27F2N5O/c1-17-3-6-20(29)15-23(17)33-26-30-14-11-22(32-26)25-24(18-4-7-19(28)8-5-18)31-16-34(25)21-9-12-27(2,35)13-10-21/h3-8,11,14-16,21,35H,9-10,12-13H2,1-2H3,(H,30,32,33). The van der Waals surface area contributed by atoms with Crippen LogP contribution < -0.4 is 5.32 Å². The fraction of sp³-hybridized carbons (Fsp3) is 0.296. The number of nitrogens with one attached hydrogen (secondary N) is 1. The van der Waals surface area contributed by atoms with Crippen molar-refractivity contribution in [2.75, 3.05) is 5.32 Å². The molecular weight excluding hydrogens is 448 g/mol. The number of rotatable bonds is 5. The molecule has 0 saturated heterocycles. The van der Waals surface area contributed by atoms with Crippen LogP contribution in [0.5, 0.6) is 0 Å². The fourth-order valence-corrected chi connectivity index (χ4v) is 4.61. The number of hydrogen-bond acceptors (Lipinski definition) is 5. The molecule has 0 aliphatic heterocycles. The van der Waals surface area contributed by atoms with Gasteiger partial charge in [-0.25, -0.2) is 23.7 Å². The molecule has 0 atom stereocenters. The molecule has 0 bridgehead atoms. The summed E-state index contributed by atoms with van der Waals surface area (Å²) in [4.78, 5) is 13.8. The largest absolute Gasteiger partial charge is 0.390 e. The molecule has 5 rings (SSSR count). The summed E-state index contributed by atoms with van der Waals surface area (Å²) in [5, 5.41) is 13.6. The summed E-state index contributed by atoms with van der Waals surface area (Å²) in [6, 6.07) is 12.7. The van der Waals surface area contributed by atoms with E-state index in [9.17, 15) is 13.9 Å². The summed E-state index contributed by atoms with van der Waals surface area (Å²) in [6.07, 6.45) is 6.43. The van der Waals surface area contributed by atoms with Crippen molar-refractivity contribution in [2.24, 2.45) is 0 Å². The van der Waals surface area contributed by atoms with Crippen molar-refractivity contribution in [1.29, 1.82) is 0 Å². The normalized spacial score (nSPS) is 20.1. The van der Waals surface area contributed by atoms with Crippen molar-refractivity contribution in [3.05, 3.63) is 78.3 Å². The Hall–Kier alpha value is -3.65. The lowest BCUT2D eigenvalue weighted by atomic mass is 9.83. The van der Waals surface area contributed by atoms with Gasteiger partial charge < -0.3 is 15.0 Å². The molecule has 1 aliphatic carbocycles. The third-order valence-corrected chi connectivity index (χ3v) is 6.68. The highest BCUT2D eigenvalue weighted by atomic mass is 19.1. The average Bonchev–Trinajstić information content (AvgIpc) is 3.27. The Balaban J connectivity index is 1.57. The molecule has 1 aliphatic rings. The van der Waals surface area contributed by atoms with E-state index < -0.39 is 5.60 Å². The summed E-state index contributed by atoms with van der Waals surface area (Å²) >= 11 is 0. The molecule has 2 aromatic carbocycles.